The summed E-state index contributed by atoms with van der Waals surface area (Å²) in [4.78, 5) is 38.4. The van der Waals surface area contributed by atoms with E-state index in [4.69, 9.17) is 4.74 Å². The number of carbonyl (C=O) groups is 2. The van der Waals surface area contributed by atoms with Gasteiger partial charge in [0.15, 0.2) is 5.78 Å². The Hall–Kier alpha value is -3.28. The van der Waals surface area contributed by atoms with Gasteiger partial charge in [-0.3, -0.25) is 19.7 Å². The maximum Gasteiger partial charge on any atom is 0.224 e. The molecule has 0 radical (unpaired) electrons. The summed E-state index contributed by atoms with van der Waals surface area (Å²) >= 11 is 0. The molecule has 0 aromatic heterocycles. The van der Waals surface area contributed by atoms with Gasteiger partial charge in [0.2, 0.25) is 6.04 Å². The summed E-state index contributed by atoms with van der Waals surface area (Å²) in [6, 6.07) is 13.8. The number of hydrogen-bond acceptors (Lipinski definition) is 5. The minimum Gasteiger partial charge on any atom is -0.497 e. The van der Waals surface area contributed by atoms with Crippen molar-refractivity contribution in [2.45, 2.75) is 51.5 Å². The van der Waals surface area contributed by atoms with Crippen LogP contribution in [0, 0.1) is 28.9 Å². The summed E-state index contributed by atoms with van der Waals surface area (Å²) in [7, 11) is 1.56. The molecule has 0 N–H and O–H groups in total. The van der Waals surface area contributed by atoms with E-state index in [-0.39, 0.29) is 22.9 Å². The normalized spacial score (nSPS) is 22.9. The highest BCUT2D eigenvalue weighted by Gasteiger charge is 2.52. The van der Waals surface area contributed by atoms with E-state index in [0.29, 0.717) is 12.2 Å². The molecule has 3 rings (SSSR count). The van der Waals surface area contributed by atoms with E-state index in [1.165, 1.54) is 6.08 Å². The number of benzene rings is 2. The molecule has 0 amide bonds. The molecule has 1 aliphatic carbocycles. The van der Waals surface area contributed by atoms with Gasteiger partial charge in [-0.25, -0.2) is 0 Å². The van der Waals surface area contributed by atoms with Crippen LogP contribution < -0.4 is 4.74 Å². The van der Waals surface area contributed by atoms with E-state index in [1.807, 2.05) is 38.1 Å². The number of aryl methyl sites for hydroxylation is 1. The smallest absolute Gasteiger partial charge is 0.224 e. The Morgan fingerprint density at radius 1 is 1.15 bits per heavy atom. The van der Waals surface area contributed by atoms with Crippen molar-refractivity contribution in [2.24, 2.45) is 11.8 Å². The second-order valence-corrected chi connectivity index (χ2v) is 8.76. The summed E-state index contributed by atoms with van der Waals surface area (Å²) in [5, 5.41) is 12.3. The number of ketones is 2. The number of nitrogens with zero attached hydrogens (tertiary/aromatic N) is 1. The van der Waals surface area contributed by atoms with Crippen molar-refractivity contribution in [2.75, 3.05) is 7.11 Å². The zero-order valence-electron chi connectivity index (χ0n) is 19.4. The van der Waals surface area contributed by atoms with Crippen molar-refractivity contribution < 1.29 is 19.2 Å². The molecule has 2 aromatic rings. The third-order valence-corrected chi connectivity index (χ3v) is 6.55. The van der Waals surface area contributed by atoms with Crippen molar-refractivity contribution in [1.29, 1.82) is 0 Å². The zero-order chi connectivity index (χ0) is 24.0. The van der Waals surface area contributed by atoms with E-state index in [0.717, 1.165) is 29.5 Å². The maximum absolute atomic E-state index is 13.2. The molecular formula is C27H31NO5. The Bertz CT molecular complexity index is 1010. The molecule has 0 saturated heterocycles. The number of unbranched alkanes of at least 4 members (excludes halogenated alkanes) is 1. The molecule has 0 aliphatic heterocycles. The van der Waals surface area contributed by atoms with Crippen molar-refractivity contribution in [3.8, 4) is 5.75 Å². The minimum absolute atomic E-state index is 0.0185. The number of rotatable bonds is 9. The first kappa shape index (κ1) is 24.4. The molecule has 0 bridgehead atoms. The SMILES string of the molecule is CCCC[C@H]1C(C(=O)/C=C/c2ccc(C)cc2)C(=O)C[C@H](c2ccc(OC)cc2)[C@@H]1[N+](=O)[O-]. The average Bonchev–Trinajstić information content (AvgIpc) is 2.81. The van der Waals surface area contributed by atoms with Crippen LogP contribution in [0.25, 0.3) is 6.08 Å². The molecule has 2 aromatic carbocycles. The van der Waals surface area contributed by atoms with Crippen LogP contribution in [0.4, 0.5) is 0 Å². The molecule has 6 nitrogen and oxygen atoms in total. The monoisotopic (exact) mass is 449 g/mol. The topological polar surface area (TPSA) is 86.5 Å². The first-order chi connectivity index (χ1) is 15.8. The number of nitro groups is 1. The van der Waals surface area contributed by atoms with Crippen molar-refractivity contribution in [3.63, 3.8) is 0 Å². The van der Waals surface area contributed by atoms with E-state index in [9.17, 15) is 19.7 Å². The quantitative estimate of drug-likeness (QED) is 0.221. The zero-order valence-corrected chi connectivity index (χ0v) is 19.4. The predicted molar refractivity (Wildman–Crippen MR) is 128 cm³/mol. The van der Waals surface area contributed by atoms with Crippen molar-refractivity contribution in [3.05, 3.63) is 81.4 Å². The summed E-state index contributed by atoms with van der Waals surface area (Å²) in [6.45, 7) is 3.98. The van der Waals surface area contributed by atoms with Gasteiger partial charge in [0.25, 0.3) is 0 Å². The lowest BCUT2D eigenvalue weighted by atomic mass is 9.65. The lowest BCUT2D eigenvalue weighted by Gasteiger charge is -2.36. The molecule has 174 valence electrons. The highest BCUT2D eigenvalue weighted by atomic mass is 16.6. The molecule has 1 fully saturated rings. The molecule has 1 unspecified atom stereocenters. The van der Waals surface area contributed by atoms with Crippen molar-refractivity contribution >= 4 is 17.6 Å². The van der Waals surface area contributed by atoms with Crippen LogP contribution in [0.1, 0.15) is 55.2 Å². The fourth-order valence-electron chi connectivity index (χ4n) is 4.77. The number of ether oxygens (including phenoxy) is 1. The second kappa shape index (κ2) is 11.0. The van der Waals surface area contributed by atoms with Crippen LogP contribution in [0.3, 0.4) is 0 Å². The highest BCUT2D eigenvalue weighted by Crippen LogP contribution is 2.42. The number of hydrogen-bond donors (Lipinski definition) is 0. The highest BCUT2D eigenvalue weighted by molar-refractivity contribution is 6.10. The van der Waals surface area contributed by atoms with Gasteiger partial charge in [-0.05, 0) is 42.7 Å². The van der Waals surface area contributed by atoms with Gasteiger partial charge >= 0.3 is 0 Å². The molecule has 33 heavy (non-hydrogen) atoms. The van der Waals surface area contributed by atoms with Crippen molar-refractivity contribution in [1.82, 2.24) is 0 Å². The summed E-state index contributed by atoms with van der Waals surface area (Å²) in [6.07, 6.45) is 5.11. The lowest BCUT2D eigenvalue weighted by Crippen LogP contribution is -2.49. The standard InChI is InChI=1S/C27H31NO5/c1-4-5-6-22-26(24(29)16-11-19-9-7-18(2)8-10-19)25(30)17-23(27(22)28(31)32)20-12-14-21(33-3)15-13-20/h7-16,22-23,26-27H,4-6,17H2,1-3H3/b16-11+/t22-,23+,26?,27+/m0/s1. The molecule has 6 heteroatoms. The second-order valence-electron chi connectivity index (χ2n) is 8.76. The van der Waals surface area contributed by atoms with Gasteiger partial charge < -0.3 is 4.74 Å². The number of carbonyl (C=O) groups excluding carboxylic acids is 2. The third-order valence-electron chi connectivity index (χ3n) is 6.55. The largest absolute Gasteiger partial charge is 0.497 e. The Kier molecular flexibility index (Phi) is 8.15. The summed E-state index contributed by atoms with van der Waals surface area (Å²) in [5.74, 6) is -2.09. The van der Waals surface area contributed by atoms with E-state index < -0.39 is 23.8 Å². The van der Waals surface area contributed by atoms with Gasteiger partial charge in [0, 0.05) is 17.3 Å². The lowest BCUT2D eigenvalue weighted by molar-refractivity contribution is -0.539. The molecule has 0 spiro atoms. The average molecular weight is 450 g/mol. The van der Waals surface area contributed by atoms with E-state index >= 15 is 0 Å². The summed E-state index contributed by atoms with van der Waals surface area (Å²) < 4.78 is 5.19. The minimum atomic E-state index is -0.996. The Balaban J connectivity index is 1.93. The van der Waals surface area contributed by atoms with Gasteiger partial charge in [0.1, 0.15) is 11.5 Å². The van der Waals surface area contributed by atoms with Gasteiger partial charge in [0.05, 0.1) is 18.9 Å². The Labute approximate surface area is 194 Å². The number of allylic oxidation sites excluding steroid dienone is 1. The molecular weight excluding hydrogens is 418 g/mol. The van der Waals surface area contributed by atoms with Crippen LogP contribution in [0.2, 0.25) is 0 Å². The summed E-state index contributed by atoms with van der Waals surface area (Å²) in [5.41, 5.74) is 2.69. The van der Waals surface area contributed by atoms with Crippen LogP contribution in [-0.2, 0) is 9.59 Å². The molecule has 1 saturated carbocycles. The molecule has 1 aliphatic rings. The predicted octanol–water partition coefficient (Wildman–Crippen LogP) is 5.41. The van der Waals surface area contributed by atoms with Crippen LogP contribution in [0.15, 0.2) is 54.6 Å². The van der Waals surface area contributed by atoms with Gasteiger partial charge in [-0.1, -0.05) is 67.8 Å². The first-order valence-electron chi connectivity index (χ1n) is 11.4. The Morgan fingerprint density at radius 3 is 2.39 bits per heavy atom. The fraction of sp³-hybridized carbons (Fsp3) is 0.407. The van der Waals surface area contributed by atoms with Crippen LogP contribution in [-0.4, -0.2) is 29.6 Å². The number of Topliss-reactive ketones (excluding diaryl/α,β-unsaturated/α-hetero) is 1. The maximum atomic E-state index is 13.2. The van der Waals surface area contributed by atoms with E-state index in [1.54, 1.807) is 37.5 Å². The van der Waals surface area contributed by atoms with Gasteiger partial charge in [-0.15, -0.1) is 0 Å². The van der Waals surface area contributed by atoms with Crippen LogP contribution in [0.5, 0.6) is 5.75 Å². The Morgan fingerprint density at radius 2 is 1.82 bits per heavy atom. The molecule has 0 heterocycles. The molecule has 4 atom stereocenters. The van der Waals surface area contributed by atoms with Crippen LogP contribution >= 0.6 is 0 Å². The third kappa shape index (κ3) is 5.75. The van der Waals surface area contributed by atoms with Gasteiger partial charge in [-0.2, -0.15) is 0 Å². The number of methoxy groups -OCH3 is 1. The first-order valence-corrected chi connectivity index (χ1v) is 11.4. The van der Waals surface area contributed by atoms with E-state index in [2.05, 4.69) is 0 Å². The fourth-order valence-corrected chi connectivity index (χ4v) is 4.77.